The fourth-order valence-corrected chi connectivity index (χ4v) is 2.44. The second kappa shape index (κ2) is 6.66. The smallest absolute Gasteiger partial charge is 0.419 e. The number of nitrogens with one attached hydrogen (secondary N) is 1. The van der Waals surface area contributed by atoms with Gasteiger partial charge < -0.3 is 14.8 Å². The molecule has 1 heterocycles. The van der Waals surface area contributed by atoms with Crippen LogP contribution < -0.4 is 14.8 Å². The molecule has 0 aliphatic carbocycles. The third-order valence-corrected chi connectivity index (χ3v) is 3.68. The molecule has 3 aromatic rings. The maximum absolute atomic E-state index is 13.8. The number of ether oxygens (including phenoxy) is 2. The van der Waals surface area contributed by atoms with Gasteiger partial charge in [-0.25, -0.2) is 14.4 Å². The largest absolute Gasteiger partial charge is 0.493 e. The lowest BCUT2D eigenvalue weighted by atomic mass is 10.1. The van der Waals surface area contributed by atoms with Crippen LogP contribution in [0.4, 0.5) is 29.1 Å². The van der Waals surface area contributed by atoms with Gasteiger partial charge in [0.25, 0.3) is 0 Å². The molecule has 9 heteroatoms. The molecule has 0 atom stereocenters. The zero-order chi connectivity index (χ0) is 18.9. The van der Waals surface area contributed by atoms with Crippen molar-refractivity contribution in [1.82, 2.24) is 9.97 Å². The van der Waals surface area contributed by atoms with Crippen molar-refractivity contribution in [1.29, 1.82) is 0 Å². The molecule has 5 nitrogen and oxygen atoms in total. The summed E-state index contributed by atoms with van der Waals surface area (Å²) >= 11 is 0. The number of halogens is 4. The van der Waals surface area contributed by atoms with Crippen molar-refractivity contribution in [2.45, 2.75) is 6.18 Å². The van der Waals surface area contributed by atoms with Crippen molar-refractivity contribution in [3.63, 3.8) is 0 Å². The number of nitrogens with zero attached hydrogens (tertiary/aromatic N) is 2. The summed E-state index contributed by atoms with van der Waals surface area (Å²) < 4.78 is 62.2. The Morgan fingerprint density at radius 1 is 0.962 bits per heavy atom. The van der Waals surface area contributed by atoms with Crippen LogP contribution >= 0.6 is 0 Å². The molecule has 136 valence electrons. The van der Waals surface area contributed by atoms with E-state index in [4.69, 9.17) is 9.47 Å². The average Bonchev–Trinajstić information content (AvgIpc) is 2.59. The van der Waals surface area contributed by atoms with Crippen LogP contribution in [0.3, 0.4) is 0 Å². The van der Waals surface area contributed by atoms with E-state index in [0.717, 1.165) is 12.1 Å². The Kier molecular flexibility index (Phi) is 4.54. The molecule has 0 aliphatic rings. The lowest BCUT2D eigenvalue weighted by Gasteiger charge is -2.13. The Bertz CT molecular complexity index is 961. The Morgan fingerprint density at radius 2 is 1.65 bits per heavy atom. The third kappa shape index (κ3) is 3.32. The SMILES string of the molecule is COc1cc2ncnc(Nc3ccc(C(F)(F)F)c(F)c3)c2cc1OC. The highest BCUT2D eigenvalue weighted by molar-refractivity contribution is 5.93. The van der Waals surface area contributed by atoms with E-state index in [1.807, 2.05) is 0 Å². The second-order valence-corrected chi connectivity index (χ2v) is 5.26. The molecular formula is C17H13F4N3O2. The maximum Gasteiger partial charge on any atom is 0.419 e. The molecule has 0 saturated heterocycles. The second-order valence-electron chi connectivity index (χ2n) is 5.26. The minimum atomic E-state index is -4.76. The minimum Gasteiger partial charge on any atom is -0.493 e. The highest BCUT2D eigenvalue weighted by atomic mass is 19.4. The average molecular weight is 367 g/mol. The molecule has 1 aromatic heterocycles. The summed E-state index contributed by atoms with van der Waals surface area (Å²) in [7, 11) is 2.95. The van der Waals surface area contributed by atoms with Crippen molar-refractivity contribution in [2.24, 2.45) is 0 Å². The minimum absolute atomic E-state index is 0.116. The Labute approximate surface area is 145 Å². The number of rotatable bonds is 4. The van der Waals surface area contributed by atoms with E-state index in [1.54, 1.807) is 12.1 Å². The molecule has 0 spiro atoms. The van der Waals surface area contributed by atoms with Gasteiger partial charge in [-0.2, -0.15) is 13.2 Å². The van der Waals surface area contributed by atoms with Gasteiger partial charge in [0.15, 0.2) is 11.5 Å². The highest BCUT2D eigenvalue weighted by Crippen LogP contribution is 2.36. The van der Waals surface area contributed by atoms with E-state index in [1.165, 1.54) is 20.5 Å². The zero-order valence-electron chi connectivity index (χ0n) is 13.7. The fraction of sp³-hybridized carbons (Fsp3) is 0.176. The number of anilines is 2. The van der Waals surface area contributed by atoms with E-state index >= 15 is 0 Å². The van der Waals surface area contributed by atoms with Crippen LogP contribution in [0.2, 0.25) is 0 Å². The lowest BCUT2D eigenvalue weighted by molar-refractivity contribution is -0.139. The van der Waals surface area contributed by atoms with Gasteiger partial charge in [0.05, 0.1) is 25.3 Å². The van der Waals surface area contributed by atoms with Crippen molar-refractivity contribution in [2.75, 3.05) is 19.5 Å². The van der Waals surface area contributed by atoms with Gasteiger partial charge in [-0.05, 0) is 24.3 Å². The first-order chi connectivity index (χ1) is 12.3. The monoisotopic (exact) mass is 367 g/mol. The van der Waals surface area contributed by atoms with Crippen LogP contribution in [0.15, 0.2) is 36.7 Å². The van der Waals surface area contributed by atoms with Crippen LogP contribution in [-0.2, 0) is 6.18 Å². The molecule has 0 saturated carbocycles. The molecule has 2 aromatic carbocycles. The van der Waals surface area contributed by atoms with Crippen molar-refractivity contribution in [3.05, 3.63) is 48.0 Å². The van der Waals surface area contributed by atoms with E-state index < -0.39 is 17.6 Å². The lowest BCUT2D eigenvalue weighted by Crippen LogP contribution is -2.08. The standard InChI is InChI=1S/C17H13F4N3O2/c1-25-14-6-10-13(7-15(14)26-2)22-8-23-16(10)24-9-3-4-11(12(18)5-9)17(19,20)21/h3-8H,1-2H3,(H,22,23,24). The number of fused-ring (bicyclic) bond motifs is 1. The molecular weight excluding hydrogens is 354 g/mol. The van der Waals surface area contributed by atoms with Gasteiger partial charge in [0.2, 0.25) is 0 Å². The Morgan fingerprint density at radius 3 is 2.27 bits per heavy atom. The highest BCUT2D eigenvalue weighted by Gasteiger charge is 2.33. The summed E-state index contributed by atoms with van der Waals surface area (Å²) in [4.78, 5) is 8.19. The predicted molar refractivity (Wildman–Crippen MR) is 87.3 cm³/mol. The van der Waals surface area contributed by atoms with Crippen LogP contribution in [0.1, 0.15) is 5.56 Å². The fourth-order valence-electron chi connectivity index (χ4n) is 2.44. The first kappa shape index (κ1) is 17.7. The summed E-state index contributed by atoms with van der Waals surface area (Å²) in [5, 5.41) is 3.33. The summed E-state index contributed by atoms with van der Waals surface area (Å²) in [5.41, 5.74) is -0.695. The normalized spacial score (nSPS) is 11.5. The van der Waals surface area contributed by atoms with E-state index in [2.05, 4.69) is 15.3 Å². The summed E-state index contributed by atoms with van der Waals surface area (Å²) in [6, 6.07) is 5.81. The summed E-state index contributed by atoms with van der Waals surface area (Å²) in [5.74, 6) is -0.197. The topological polar surface area (TPSA) is 56.3 Å². The quantitative estimate of drug-likeness (QED) is 0.686. The summed E-state index contributed by atoms with van der Waals surface area (Å²) in [6.45, 7) is 0. The van der Waals surface area contributed by atoms with E-state index in [-0.39, 0.29) is 11.5 Å². The van der Waals surface area contributed by atoms with Gasteiger partial charge >= 0.3 is 6.18 Å². The summed E-state index contributed by atoms with van der Waals surface area (Å²) in [6.07, 6.45) is -3.48. The number of aromatic nitrogens is 2. The van der Waals surface area contributed by atoms with Crippen LogP contribution in [0, 0.1) is 5.82 Å². The number of methoxy groups -OCH3 is 2. The third-order valence-electron chi connectivity index (χ3n) is 3.68. The molecule has 0 unspecified atom stereocenters. The Balaban J connectivity index is 2.02. The van der Waals surface area contributed by atoms with Gasteiger partial charge in [0.1, 0.15) is 18.0 Å². The van der Waals surface area contributed by atoms with Gasteiger partial charge in [-0.15, -0.1) is 0 Å². The van der Waals surface area contributed by atoms with E-state index in [0.29, 0.717) is 28.5 Å². The number of hydrogen-bond acceptors (Lipinski definition) is 5. The molecule has 3 rings (SSSR count). The van der Waals surface area contributed by atoms with Crippen LogP contribution in [0.25, 0.3) is 10.9 Å². The van der Waals surface area contributed by atoms with E-state index in [9.17, 15) is 17.6 Å². The number of alkyl halides is 3. The first-order valence-corrected chi connectivity index (χ1v) is 7.34. The predicted octanol–water partition coefficient (Wildman–Crippen LogP) is 4.55. The number of hydrogen-bond donors (Lipinski definition) is 1. The van der Waals surface area contributed by atoms with Crippen LogP contribution in [-0.4, -0.2) is 24.2 Å². The van der Waals surface area contributed by atoms with Gasteiger partial charge in [-0.1, -0.05) is 0 Å². The van der Waals surface area contributed by atoms with Crippen LogP contribution in [0.5, 0.6) is 11.5 Å². The van der Waals surface area contributed by atoms with Gasteiger partial charge in [0, 0.05) is 17.1 Å². The molecule has 0 aliphatic heterocycles. The van der Waals surface area contributed by atoms with Gasteiger partial charge in [-0.3, -0.25) is 0 Å². The van der Waals surface area contributed by atoms with Crippen molar-refractivity contribution >= 4 is 22.4 Å². The first-order valence-electron chi connectivity index (χ1n) is 7.34. The van der Waals surface area contributed by atoms with Crippen molar-refractivity contribution < 1.29 is 27.0 Å². The molecule has 26 heavy (non-hydrogen) atoms. The van der Waals surface area contributed by atoms with Crippen molar-refractivity contribution in [3.8, 4) is 11.5 Å². The zero-order valence-corrected chi connectivity index (χ0v) is 13.7. The molecule has 0 bridgehead atoms. The Hall–Kier alpha value is -3.10. The molecule has 1 N–H and O–H groups in total. The molecule has 0 radical (unpaired) electrons. The molecule has 0 amide bonds. The maximum atomic E-state index is 13.8. The number of benzene rings is 2. The molecule has 0 fully saturated rings.